The minimum absolute atomic E-state index is 0.187. The van der Waals surface area contributed by atoms with E-state index >= 15 is 0 Å². The Hall–Kier alpha value is -5.78. The number of H-pyrrole nitrogens is 2. The molecule has 2 heterocycles. The molecule has 0 saturated carbocycles. The van der Waals surface area contributed by atoms with Crippen molar-refractivity contribution in [1.82, 2.24) is 30.8 Å². The highest BCUT2D eigenvalue weighted by Crippen LogP contribution is 2.32. The first-order valence-corrected chi connectivity index (χ1v) is 12.9. The van der Waals surface area contributed by atoms with Crippen molar-refractivity contribution in [1.29, 1.82) is 10.5 Å². The van der Waals surface area contributed by atoms with Crippen molar-refractivity contribution < 1.29 is 13.2 Å². The van der Waals surface area contributed by atoms with Crippen LogP contribution in [0.1, 0.15) is 17.0 Å². The van der Waals surface area contributed by atoms with Crippen LogP contribution in [0.3, 0.4) is 0 Å². The first-order chi connectivity index (χ1) is 20.8. The Bertz CT molecular complexity index is 1910. The maximum Gasteiger partial charge on any atom is 0.416 e. The van der Waals surface area contributed by atoms with Crippen LogP contribution in [-0.2, 0) is 6.18 Å². The van der Waals surface area contributed by atoms with Gasteiger partial charge < -0.3 is 0 Å². The number of hydrogen-bond acceptors (Lipinski definition) is 6. The monoisotopic (exact) mass is 594 g/mol. The molecule has 0 atom stereocenters. The molecular formula is C31H18ClF3N8. The second-order valence-electron chi connectivity index (χ2n) is 9.00. The molecule has 12 heteroatoms. The van der Waals surface area contributed by atoms with Gasteiger partial charge in [-0.05, 0) is 46.5 Å². The van der Waals surface area contributed by atoms with Gasteiger partial charge in [0.15, 0.2) is 11.4 Å². The molecule has 0 aliphatic carbocycles. The first kappa shape index (κ1) is 28.7. The highest BCUT2D eigenvalue weighted by Gasteiger charge is 2.30. The third-order valence-electron chi connectivity index (χ3n) is 6.35. The van der Waals surface area contributed by atoms with Crippen molar-refractivity contribution in [2.75, 3.05) is 0 Å². The Morgan fingerprint density at radius 3 is 1.19 bits per heavy atom. The molecule has 8 nitrogen and oxygen atoms in total. The summed E-state index contributed by atoms with van der Waals surface area (Å²) in [5, 5.41) is 38.9. The smallest absolute Gasteiger partial charge is 0.196 e. The summed E-state index contributed by atoms with van der Waals surface area (Å²) in [7, 11) is 0. The third kappa shape index (κ3) is 6.59. The van der Waals surface area contributed by atoms with Crippen LogP contribution in [0.5, 0.6) is 0 Å². The number of nitriles is 2. The number of alkyl halides is 3. The van der Waals surface area contributed by atoms with Gasteiger partial charge in [-0.2, -0.15) is 44.3 Å². The fourth-order valence-electron chi connectivity index (χ4n) is 4.16. The lowest BCUT2D eigenvalue weighted by Gasteiger charge is -2.08. The van der Waals surface area contributed by atoms with E-state index < -0.39 is 11.7 Å². The van der Waals surface area contributed by atoms with E-state index in [0.717, 1.165) is 34.4 Å². The van der Waals surface area contributed by atoms with Crippen LogP contribution in [0.4, 0.5) is 13.2 Å². The summed E-state index contributed by atoms with van der Waals surface area (Å²) < 4.78 is 37.7. The highest BCUT2D eigenvalue weighted by atomic mass is 35.5. The average Bonchev–Trinajstić information content (AvgIpc) is 3.72. The van der Waals surface area contributed by atoms with Crippen molar-refractivity contribution in [3.05, 3.63) is 119 Å². The summed E-state index contributed by atoms with van der Waals surface area (Å²) in [6.07, 6.45) is -4.34. The molecule has 2 N–H and O–H groups in total. The van der Waals surface area contributed by atoms with Gasteiger partial charge in [0.1, 0.15) is 23.5 Å². The van der Waals surface area contributed by atoms with E-state index in [1.807, 2.05) is 60.7 Å². The fraction of sp³-hybridized carbons (Fsp3) is 0.0323. The highest BCUT2D eigenvalue weighted by molar-refractivity contribution is 6.30. The van der Waals surface area contributed by atoms with E-state index in [1.165, 1.54) is 12.1 Å². The summed E-state index contributed by atoms with van der Waals surface area (Å²) >= 11 is 5.88. The molecule has 0 unspecified atom stereocenters. The molecule has 43 heavy (non-hydrogen) atoms. The molecule has 0 radical (unpaired) electrons. The fourth-order valence-corrected chi connectivity index (χ4v) is 4.28. The van der Waals surface area contributed by atoms with Crippen LogP contribution < -0.4 is 0 Å². The molecule has 0 spiro atoms. The van der Waals surface area contributed by atoms with E-state index in [0.29, 0.717) is 33.2 Å². The van der Waals surface area contributed by atoms with E-state index in [-0.39, 0.29) is 5.69 Å². The van der Waals surface area contributed by atoms with E-state index in [1.54, 1.807) is 24.3 Å². The number of aromatic amines is 2. The zero-order valence-electron chi connectivity index (χ0n) is 21.9. The number of benzene rings is 4. The average molecular weight is 595 g/mol. The van der Waals surface area contributed by atoms with Gasteiger partial charge in [0, 0.05) is 16.1 Å². The van der Waals surface area contributed by atoms with Crippen molar-refractivity contribution >= 4 is 11.6 Å². The third-order valence-corrected chi connectivity index (χ3v) is 6.60. The number of rotatable bonds is 4. The van der Waals surface area contributed by atoms with Gasteiger partial charge in [-0.15, -0.1) is 10.2 Å². The summed E-state index contributed by atoms with van der Waals surface area (Å²) in [5.41, 5.74) is 5.96. The van der Waals surface area contributed by atoms with E-state index in [4.69, 9.17) is 22.1 Å². The van der Waals surface area contributed by atoms with Crippen LogP contribution in [0.15, 0.2) is 97.1 Å². The van der Waals surface area contributed by atoms with Crippen molar-refractivity contribution in [2.45, 2.75) is 6.18 Å². The second-order valence-corrected chi connectivity index (χ2v) is 9.44. The summed E-state index contributed by atoms with van der Waals surface area (Å²) in [4.78, 5) is 0. The zero-order chi connectivity index (χ0) is 30.4. The first-order valence-electron chi connectivity index (χ1n) is 12.5. The normalized spacial score (nSPS) is 10.7. The van der Waals surface area contributed by atoms with E-state index in [2.05, 4.69) is 30.8 Å². The summed E-state index contributed by atoms with van der Waals surface area (Å²) in [6, 6.07) is 31.3. The number of nitrogens with one attached hydrogen (secondary N) is 2. The lowest BCUT2D eigenvalue weighted by Crippen LogP contribution is -2.03. The van der Waals surface area contributed by atoms with Gasteiger partial charge in [0.05, 0.1) is 5.56 Å². The Kier molecular flexibility index (Phi) is 8.28. The quantitative estimate of drug-likeness (QED) is 0.215. The maximum absolute atomic E-state index is 12.6. The Balaban J connectivity index is 0.000000173. The molecule has 6 aromatic rings. The molecule has 0 amide bonds. The number of aromatic nitrogens is 6. The largest absolute Gasteiger partial charge is 0.416 e. The predicted molar refractivity (Wildman–Crippen MR) is 154 cm³/mol. The zero-order valence-corrected chi connectivity index (χ0v) is 22.7. The lowest BCUT2D eigenvalue weighted by molar-refractivity contribution is -0.137. The molecule has 0 fully saturated rings. The Morgan fingerprint density at radius 2 is 0.837 bits per heavy atom. The van der Waals surface area contributed by atoms with Gasteiger partial charge >= 0.3 is 6.18 Å². The van der Waals surface area contributed by atoms with Crippen LogP contribution in [0, 0.1) is 22.7 Å². The summed E-state index contributed by atoms with van der Waals surface area (Å²) in [6.45, 7) is 0. The maximum atomic E-state index is 12.6. The van der Waals surface area contributed by atoms with Crippen LogP contribution in [0.2, 0.25) is 5.02 Å². The van der Waals surface area contributed by atoms with E-state index in [9.17, 15) is 13.2 Å². The Morgan fingerprint density at radius 1 is 0.512 bits per heavy atom. The Labute approximate surface area is 248 Å². The number of hydrogen-bond donors (Lipinski definition) is 2. The standard InChI is InChI=1S/C16H9F3N4.C15H9ClN4/c17-16(18,19)13-7-5-11(6-8-13)10-1-3-12(4-2-10)15-14(9-20)21-23-22-15;16-13-7-5-11(6-8-13)10-1-3-12(4-2-10)15-14(9-17)18-20-19-15/h1-8H,(H,21,22,23);1-8H,(H,18,19,20). The topological polar surface area (TPSA) is 131 Å². The predicted octanol–water partition coefficient (Wildman–Crippen LogP) is 7.69. The molecule has 6 rings (SSSR count). The number of nitrogens with zero attached hydrogens (tertiary/aromatic N) is 6. The molecule has 0 bridgehead atoms. The SMILES string of the molecule is N#Cc1n[nH]nc1-c1ccc(-c2ccc(C(F)(F)F)cc2)cc1.N#Cc1n[nH]nc1-c1ccc(-c2ccc(Cl)cc2)cc1. The lowest BCUT2D eigenvalue weighted by atomic mass is 10.0. The minimum atomic E-state index is -4.34. The van der Waals surface area contributed by atoms with Crippen molar-refractivity contribution in [2.24, 2.45) is 0 Å². The van der Waals surface area contributed by atoms with Crippen molar-refractivity contribution in [3.8, 4) is 56.9 Å². The molecule has 0 aliphatic rings. The van der Waals surface area contributed by atoms with Gasteiger partial charge in [-0.3, -0.25) is 0 Å². The molecule has 210 valence electrons. The summed E-state index contributed by atoms with van der Waals surface area (Å²) in [5.74, 6) is 0. The van der Waals surface area contributed by atoms with Crippen LogP contribution in [0.25, 0.3) is 44.8 Å². The second kappa shape index (κ2) is 12.4. The molecule has 2 aromatic heterocycles. The minimum Gasteiger partial charge on any atom is -0.196 e. The molecule has 4 aromatic carbocycles. The van der Waals surface area contributed by atoms with Gasteiger partial charge in [-0.25, -0.2) is 0 Å². The van der Waals surface area contributed by atoms with Gasteiger partial charge in [0.25, 0.3) is 0 Å². The molecule has 0 saturated heterocycles. The van der Waals surface area contributed by atoms with Gasteiger partial charge in [-0.1, -0.05) is 84.4 Å². The molecular weight excluding hydrogens is 577 g/mol. The van der Waals surface area contributed by atoms with Crippen LogP contribution >= 0.6 is 11.6 Å². The van der Waals surface area contributed by atoms with Crippen LogP contribution in [-0.4, -0.2) is 30.8 Å². The van der Waals surface area contributed by atoms with Gasteiger partial charge in [0.2, 0.25) is 0 Å². The number of halogens is 4. The molecule has 0 aliphatic heterocycles. The van der Waals surface area contributed by atoms with Crippen molar-refractivity contribution in [3.63, 3.8) is 0 Å².